The van der Waals surface area contributed by atoms with Gasteiger partial charge in [0.15, 0.2) is 5.82 Å². The van der Waals surface area contributed by atoms with Gasteiger partial charge in [-0.2, -0.15) is 5.10 Å². The molecule has 0 atom stereocenters. The Hall–Kier alpha value is -2.93. The molecule has 0 aliphatic rings. The van der Waals surface area contributed by atoms with E-state index in [0.29, 0.717) is 17.3 Å². The first-order chi connectivity index (χ1) is 12.3. The smallest absolute Gasteiger partial charge is 0.271 e. The van der Waals surface area contributed by atoms with Gasteiger partial charge in [0, 0.05) is 30.6 Å². The number of benzene rings is 1. The van der Waals surface area contributed by atoms with Gasteiger partial charge in [-0.25, -0.2) is 9.67 Å². The quantitative estimate of drug-likeness (QED) is 0.531. The maximum absolute atomic E-state index is 10.9. The van der Waals surface area contributed by atoms with Gasteiger partial charge in [-0.3, -0.25) is 10.1 Å². The molecular formula is C18H18ClN5O2. The lowest BCUT2D eigenvalue weighted by atomic mass is 10.1. The molecule has 0 unspecified atom stereocenters. The molecule has 0 aliphatic carbocycles. The second-order valence-corrected chi connectivity index (χ2v) is 6.50. The van der Waals surface area contributed by atoms with Gasteiger partial charge in [0.05, 0.1) is 21.3 Å². The molecule has 2 aromatic heterocycles. The highest BCUT2D eigenvalue weighted by molar-refractivity contribution is 6.33. The van der Waals surface area contributed by atoms with E-state index in [2.05, 4.69) is 15.4 Å². The largest absolute Gasteiger partial charge is 0.379 e. The van der Waals surface area contributed by atoms with Gasteiger partial charge in [0.25, 0.3) is 5.69 Å². The van der Waals surface area contributed by atoms with Gasteiger partial charge in [0.2, 0.25) is 0 Å². The van der Waals surface area contributed by atoms with E-state index in [9.17, 15) is 10.1 Å². The Labute approximate surface area is 155 Å². The van der Waals surface area contributed by atoms with Crippen molar-refractivity contribution in [2.45, 2.75) is 27.3 Å². The number of hydrogen-bond acceptors (Lipinski definition) is 5. The van der Waals surface area contributed by atoms with Crippen LogP contribution in [0, 0.1) is 30.9 Å². The summed E-state index contributed by atoms with van der Waals surface area (Å²) in [5.41, 5.74) is 4.31. The van der Waals surface area contributed by atoms with Crippen LogP contribution >= 0.6 is 11.6 Å². The summed E-state index contributed by atoms with van der Waals surface area (Å²) < 4.78 is 1.80. The van der Waals surface area contributed by atoms with Crippen LogP contribution in [0.1, 0.15) is 22.5 Å². The summed E-state index contributed by atoms with van der Waals surface area (Å²) in [6.45, 7) is 6.21. The molecule has 0 aliphatic heterocycles. The van der Waals surface area contributed by atoms with Crippen molar-refractivity contribution in [2.24, 2.45) is 0 Å². The molecule has 3 rings (SSSR count). The molecule has 0 bridgehead atoms. The van der Waals surface area contributed by atoms with E-state index >= 15 is 0 Å². The number of aromatic nitrogens is 3. The third-order valence-corrected chi connectivity index (χ3v) is 4.29. The van der Waals surface area contributed by atoms with Gasteiger partial charge in [-0.1, -0.05) is 17.7 Å². The van der Waals surface area contributed by atoms with Crippen molar-refractivity contribution in [3.05, 3.63) is 74.2 Å². The minimum Gasteiger partial charge on any atom is -0.379 e. The predicted octanol–water partition coefficient (Wildman–Crippen LogP) is 4.37. The molecule has 2 heterocycles. The van der Waals surface area contributed by atoms with E-state index in [1.165, 1.54) is 12.1 Å². The highest BCUT2D eigenvalue weighted by Crippen LogP contribution is 2.31. The summed E-state index contributed by atoms with van der Waals surface area (Å²) in [7, 11) is 0. The summed E-state index contributed by atoms with van der Waals surface area (Å²) in [5, 5.41) is 18.8. The van der Waals surface area contributed by atoms with Gasteiger partial charge >= 0.3 is 0 Å². The molecule has 1 aromatic carbocycles. The molecule has 0 fully saturated rings. The third-order valence-electron chi connectivity index (χ3n) is 3.99. The number of aryl methyl sites for hydroxylation is 3. The molecule has 3 aromatic rings. The van der Waals surface area contributed by atoms with Gasteiger partial charge < -0.3 is 5.32 Å². The first-order valence-corrected chi connectivity index (χ1v) is 8.40. The Morgan fingerprint density at radius 3 is 2.54 bits per heavy atom. The van der Waals surface area contributed by atoms with Crippen molar-refractivity contribution in [1.29, 1.82) is 0 Å². The summed E-state index contributed by atoms with van der Waals surface area (Å²) in [6.07, 6.45) is 1.77. The molecule has 7 nitrogen and oxygen atoms in total. The number of nitro benzene ring substituents is 1. The van der Waals surface area contributed by atoms with Crippen LogP contribution in [0.4, 0.5) is 11.4 Å². The van der Waals surface area contributed by atoms with Crippen LogP contribution in [0.2, 0.25) is 5.02 Å². The molecule has 0 radical (unpaired) electrons. The summed E-state index contributed by atoms with van der Waals surface area (Å²) in [4.78, 5) is 14.9. The number of anilines is 1. The zero-order valence-corrected chi connectivity index (χ0v) is 15.4. The van der Waals surface area contributed by atoms with Crippen LogP contribution in [0.3, 0.4) is 0 Å². The maximum atomic E-state index is 10.9. The summed E-state index contributed by atoms with van der Waals surface area (Å²) in [5.74, 6) is 0.754. The van der Waals surface area contributed by atoms with Gasteiger partial charge in [0.1, 0.15) is 0 Å². The minimum atomic E-state index is -0.454. The van der Waals surface area contributed by atoms with E-state index in [0.717, 1.165) is 28.3 Å². The van der Waals surface area contributed by atoms with Crippen LogP contribution in [0.25, 0.3) is 5.82 Å². The Morgan fingerprint density at radius 1 is 1.23 bits per heavy atom. The number of pyridine rings is 1. The highest BCUT2D eigenvalue weighted by Gasteiger charge is 2.13. The van der Waals surface area contributed by atoms with Crippen molar-refractivity contribution in [3.63, 3.8) is 0 Å². The normalized spacial score (nSPS) is 10.8. The monoisotopic (exact) mass is 371 g/mol. The molecule has 0 saturated heterocycles. The Balaban J connectivity index is 1.75. The second kappa shape index (κ2) is 7.13. The van der Waals surface area contributed by atoms with E-state index in [1.54, 1.807) is 17.8 Å². The lowest BCUT2D eigenvalue weighted by molar-refractivity contribution is -0.384. The van der Waals surface area contributed by atoms with Crippen molar-refractivity contribution in [2.75, 3.05) is 5.32 Å². The van der Waals surface area contributed by atoms with Crippen LogP contribution < -0.4 is 5.32 Å². The van der Waals surface area contributed by atoms with Gasteiger partial charge in [-0.05, 0) is 44.0 Å². The third kappa shape index (κ3) is 3.67. The topological polar surface area (TPSA) is 85.9 Å². The molecule has 8 heteroatoms. The molecule has 26 heavy (non-hydrogen) atoms. The molecule has 134 valence electrons. The van der Waals surface area contributed by atoms with Crippen molar-refractivity contribution in [3.8, 4) is 5.82 Å². The van der Waals surface area contributed by atoms with Crippen LogP contribution in [-0.4, -0.2) is 19.7 Å². The SMILES string of the molecule is Cc1cc(C)n(-c2ccc(CNc3c(C)cc([N+](=O)[O-])cc3Cl)cn2)n1. The number of nitrogens with zero attached hydrogens (tertiary/aromatic N) is 4. The molecule has 1 N–H and O–H groups in total. The highest BCUT2D eigenvalue weighted by atomic mass is 35.5. The fraction of sp³-hybridized carbons (Fsp3) is 0.222. The Bertz CT molecular complexity index is 943. The van der Waals surface area contributed by atoms with Crippen molar-refractivity contribution < 1.29 is 4.92 Å². The second-order valence-electron chi connectivity index (χ2n) is 6.09. The average Bonchev–Trinajstić information content (AvgIpc) is 2.92. The first kappa shape index (κ1) is 17.9. The zero-order chi connectivity index (χ0) is 18.8. The van der Waals surface area contributed by atoms with E-state index in [1.807, 2.05) is 32.0 Å². The number of halogens is 1. The van der Waals surface area contributed by atoms with Crippen LogP contribution in [0.15, 0.2) is 36.5 Å². The number of hydrogen-bond donors (Lipinski definition) is 1. The van der Waals surface area contributed by atoms with Gasteiger partial charge in [-0.15, -0.1) is 0 Å². The number of non-ortho nitro benzene ring substituents is 1. The van der Waals surface area contributed by atoms with E-state index in [-0.39, 0.29) is 5.69 Å². The standard InChI is InChI=1S/C18H18ClN5O2/c1-11-6-15(24(25)26)8-16(19)18(11)21-10-14-4-5-17(20-9-14)23-13(3)7-12(2)22-23/h4-9,21H,10H2,1-3H3. The average molecular weight is 372 g/mol. The zero-order valence-electron chi connectivity index (χ0n) is 14.7. The van der Waals surface area contributed by atoms with Crippen LogP contribution in [-0.2, 0) is 6.54 Å². The number of nitro groups is 1. The molecule has 0 saturated carbocycles. The Kier molecular flexibility index (Phi) is 4.90. The number of nitrogens with one attached hydrogen (secondary N) is 1. The lowest BCUT2D eigenvalue weighted by Crippen LogP contribution is -2.05. The number of rotatable bonds is 5. The molecule has 0 spiro atoms. The van der Waals surface area contributed by atoms with Crippen molar-refractivity contribution >= 4 is 23.0 Å². The minimum absolute atomic E-state index is 0.0195. The fourth-order valence-corrected chi connectivity index (χ4v) is 3.08. The van der Waals surface area contributed by atoms with E-state index < -0.39 is 4.92 Å². The van der Waals surface area contributed by atoms with Crippen LogP contribution in [0.5, 0.6) is 0 Å². The summed E-state index contributed by atoms with van der Waals surface area (Å²) in [6, 6.07) is 8.71. The maximum Gasteiger partial charge on any atom is 0.271 e. The van der Waals surface area contributed by atoms with Crippen molar-refractivity contribution in [1.82, 2.24) is 14.8 Å². The summed E-state index contributed by atoms with van der Waals surface area (Å²) >= 11 is 6.18. The van der Waals surface area contributed by atoms with E-state index in [4.69, 9.17) is 11.6 Å². The predicted molar refractivity (Wildman–Crippen MR) is 101 cm³/mol. The lowest BCUT2D eigenvalue weighted by Gasteiger charge is -2.12. The fourth-order valence-electron chi connectivity index (χ4n) is 2.75. The molecule has 0 amide bonds. The molecular weight excluding hydrogens is 354 g/mol. The first-order valence-electron chi connectivity index (χ1n) is 8.02. The Morgan fingerprint density at radius 2 is 2.00 bits per heavy atom.